The Bertz CT molecular complexity index is 589. The second-order valence-corrected chi connectivity index (χ2v) is 5.30. The van der Waals surface area contributed by atoms with Crippen LogP contribution >= 0.6 is 0 Å². The Kier molecular flexibility index (Phi) is 3.69. The van der Waals surface area contributed by atoms with Crippen LogP contribution in [0.4, 0.5) is 0 Å². The first kappa shape index (κ1) is 13.1. The smallest absolute Gasteiger partial charge is 0.240 e. The zero-order chi connectivity index (χ0) is 13.9. The molecule has 0 saturated heterocycles. The number of hydrogen-bond acceptors (Lipinski definition) is 4. The predicted molar refractivity (Wildman–Crippen MR) is 76.9 cm³/mol. The second-order valence-electron chi connectivity index (χ2n) is 5.30. The van der Waals surface area contributed by atoms with Gasteiger partial charge in [0.25, 0.3) is 0 Å². The molecule has 20 heavy (non-hydrogen) atoms. The molecule has 5 nitrogen and oxygen atoms in total. The van der Waals surface area contributed by atoms with Crippen LogP contribution in [0, 0.1) is 6.92 Å². The SMILES string of the molecule is CCc1cc(CNC2CC2)cc(Oc2cc(C)[nH]n2)n1. The molecule has 0 radical (unpaired) electrons. The molecule has 2 aromatic heterocycles. The number of nitrogens with one attached hydrogen (secondary N) is 2. The summed E-state index contributed by atoms with van der Waals surface area (Å²) in [7, 11) is 0. The maximum Gasteiger partial charge on any atom is 0.240 e. The molecule has 2 N–H and O–H groups in total. The van der Waals surface area contributed by atoms with E-state index in [2.05, 4.69) is 33.5 Å². The van der Waals surface area contributed by atoms with Gasteiger partial charge in [0.1, 0.15) is 0 Å². The molecule has 0 aromatic carbocycles. The lowest BCUT2D eigenvalue weighted by Crippen LogP contribution is -2.15. The van der Waals surface area contributed by atoms with Crippen LogP contribution in [0.25, 0.3) is 0 Å². The number of ether oxygens (including phenoxy) is 1. The largest absolute Gasteiger partial charge is 0.419 e. The average Bonchev–Trinajstić information content (AvgIpc) is 3.19. The first-order valence-corrected chi connectivity index (χ1v) is 7.16. The number of H-pyrrole nitrogens is 1. The predicted octanol–water partition coefficient (Wildman–Crippen LogP) is 2.72. The van der Waals surface area contributed by atoms with Crippen molar-refractivity contribution in [2.45, 2.75) is 45.7 Å². The maximum absolute atomic E-state index is 5.72. The Morgan fingerprint density at radius 1 is 1.30 bits per heavy atom. The van der Waals surface area contributed by atoms with E-state index >= 15 is 0 Å². The molecule has 2 aromatic rings. The van der Waals surface area contributed by atoms with Gasteiger partial charge in [-0.25, -0.2) is 4.98 Å². The quantitative estimate of drug-likeness (QED) is 0.848. The van der Waals surface area contributed by atoms with E-state index < -0.39 is 0 Å². The number of aromatic amines is 1. The highest BCUT2D eigenvalue weighted by atomic mass is 16.5. The van der Waals surface area contributed by atoms with Crippen molar-refractivity contribution in [3.05, 3.63) is 35.2 Å². The Balaban J connectivity index is 1.75. The molecule has 0 spiro atoms. The van der Waals surface area contributed by atoms with Gasteiger partial charge in [-0.3, -0.25) is 5.10 Å². The van der Waals surface area contributed by atoms with E-state index in [4.69, 9.17) is 4.74 Å². The molecule has 2 heterocycles. The van der Waals surface area contributed by atoms with Crippen LogP contribution in [-0.2, 0) is 13.0 Å². The fraction of sp³-hybridized carbons (Fsp3) is 0.467. The van der Waals surface area contributed by atoms with E-state index in [0.29, 0.717) is 17.8 Å². The molecule has 1 saturated carbocycles. The summed E-state index contributed by atoms with van der Waals surface area (Å²) in [4.78, 5) is 4.50. The van der Waals surface area contributed by atoms with Crippen LogP contribution in [0.5, 0.6) is 11.8 Å². The monoisotopic (exact) mass is 272 g/mol. The number of aromatic nitrogens is 3. The summed E-state index contributed by atoms with van der Waals surface area (Å²) < 4.78 is 5.72. The summed E-state index contributed by atoms with van der Waals surface area (Å²) in [5.41, 5.74) is 3.23. The third kappa shape index (κ3) is 3.36. The van der Waals surface area contributed by atoms with Crippen molar-refractivity contribution >= 4 is 0 Å². The minimum Gasteiger partial charge on any atom is -0.419 e. The molecule has 0 bridgehead atoms. The van der Waals surface area contributed by atoms with Crippen molar-refractivity contribution in [3.8, 4) is 11.8 Å². The highest BCUT2D eigenvalue weighted by molar-refractivity contribution is 5.28. The summed E-state index contributed by atoms with van der Waals surface area (Å²) in [6, 6.07) is 6.69. The lowest BCUT2D eigenvalue weighted by atomic mass is 10.2. The minimum atomic E-state index is 0.560. The molecule has 0 unspecified atom stereocenters. The van der Waals surface area contributed by atoms with Gasteiger partial charge in [-0.15, -0.1) is 5.10 Å². The Hall–Kier alpha value is -1.88. The highest BCUT2D eigenvalue weighted by Gasteiger charge is 2.20. The summed E-state index contributed by atoms with van der Waals surface area (Å²) in [5.74, 6) is 1.17. The van der Waals surface area contributed by atoms with Crippen molar-refractivity contribution in [1.82, 2.24) is 20.5 Å². The van der Waals surface area contributed by atoms with Gasteiger partial charge in [0.15, 0.2) is 0 Å². The minimum absolute atomic E-state index is 0.560. The van der Waals surface area contributed by atoms with Crippen LogP contribution in [0.2, 0.25) is 0 Å². The van der Waals surface area contributed by atoms with Gasteiger partial charge in [-0.05, 0) is 37.8 Å². The first-order chi connectivity index (χ1) is 9.72. The van der Waals surface area contributed by atoms with Crippen molar-refractivity contribution < 1.29 is 4.74 Å². The molecule has 0 aliphatic heterocycles. The summed E-state index contributed by atoms with van der Waals surface area (Å²) in [6.07, 6.45) is 3.48. The number of rotatable bonds is 6. The topological polar surface area (TPSA) is 62.8 Å². The third-order valence-electron chi connectivity index (χ3n) is 3.34. The van der Waals surface area contributed by atoms with E-state index in [1.54, 1.807) is 0 Å². The molecule has 106 valence electrons. The van der Waals surface area contributed by atoms with Crippen molar-refractivity contribution in [2.24, 2.45) is 0 Å². The van der Waals surface area contributed by atoms with Crippen LogP contribution < -0.4 is 10.1 Å². The molecule has 5 heteroatoms. The molecule has 0 atom stereocenters. The van der Waals surface area contributed by atoms with Crippen LogP contribution in [0.15, 0.2) is 18.2 Å². The average molecular weight is 272 g/mol. The molecular formula is C15H20N4O. The molecular weight excluding hydrogens is 252 g/mol. The Morgan fingerprint density at radius 3 is 2.80 bits per heavy atom. The summed E-state index contributed by atoms with van der Waals surface area (Å²) in [6.45, 7) is 4.92. The molecule has 3 rings (SSSR count). The number of hydrogen-bond donors (Lipinski definition) is 2. The molecule has 1 aliphatic rings. The van der Waals surface area contributed by atoms with Crippen molar-refractivity contribution in [3.63, 3.8) is 0 Å². The lowest BCUT2D eigenvalue weighted by Gasteiger charge is -2.08. The summed E-state index contributed by atoms with van der Waals surface area (Å²) >= 11 is 0. The number of pyridine rings is 1. The fourth-order valence-electron chi connectivity index (χ4n) is 2.06. The van der Waals surface area contributed by atoms with Crippen molar-refractivity contribution in [1.29, 1.82) is 0 Å². The number of nitrogens with zero attached hydrogens (tertiary/aromatic N) is 2. The normalized spacial score (nSPS) is 14.5. The van der Waals surface area contributed by atoms with Crippen LogP contribution in [0.1, 0.15) is 36.7 Å². The van der Waals surface area contributed by atoms with E-state index in [0.717, 1.165) is 24.4 Å². The van der Waals surface area contributed by atoms with Crippen LogP contribution in [-0.4, -0.2) is 21.2 Å². The van der Waals surface area contributed by atoms with Gasteiger partial charge in [-0.2, -0.15) is 0 Å². The van der Waals surface area contributed by atoms with Gasteiger partial charge < -0.3 is 10.1 Å². The second kappa shape index (κ2) is 5.63. The maximum atomic E-state index is 5.72. The molecule has 1 fully saturated rings. The van der Waals surface area contributed by atoms with E-state index in [-0.39, 0.29) is 0 Å². The zero-order valence-electron chi connectivity index (χ0n) is 11.9. The van der Waals surface area contributed by atoms with Crippen LogP contribution in [0.3, 0.4) is 0 Å². The third-order valence-corrected chi connectivity index (χ3v) is 3.34. The Labute approximate surface area is 118 Å². The fourth-order valence-corrected chi connectivity index (χ4v) is 2.06. The van der Waals surface area contributed by atoms with Gasteiger partial charge in [0, 0.05) is 36.1 Å². The Morgan fingerprint density at radius 2 is 2.15 bits per heavy atom. The van der Waals surface area contributed by atoms with Gasteiger partial charge in [0.2, 0.25) is 11.8 Å². The van der Waals surface area contributed by atoms with Gasteiger partial charge in [0.05, 0.1) is 0 Å². The lowest BCUT2D eigenvalue weighted by molar-refractivity contribution is 0.440. The molecule has 0 amide bonds. The zero-order valence-corrected chi connectivity index (χ0v) is 11.9. The standard InChI is InChI=1S/C15H20N4O/c1-3-12-7-11(9-16-13-4-5-13)8-14(17-12)20-15-6-10(2)18-19-15/h6-8,13,16H,3-5,9H2,1-2H3,(H,18,19). The van der Waals surface area contributed by atoms with E-state index in [1.165, 1.54) is 18.4 Å². The molecule has 1 aliphatic carbocycles. The van der Waals surface area contributed by atoms with Crippen molar-refractivity contribution in [2.75, 3.05) is 0 Å². The van der Waals surface area contributed by atoms with Gasteiger partial charge in [-0.1, -0.05) is 6.92 Å². The van der Waals surface area contributed by atoms with E-state index in [9.17, 15) is 0 Å². The highest BCUT2D eigenvalue weighted by Crippen LogP contribution is 2.22. The first-order valence-electron chi connectivity index (χ1n) is 7.16. The number of aryl methyl sites for hydroxylation is 2. The summed E-state index contributed by atoms with van der Waals surface area (Å²) in [5, 5.41) is 10.5. The van der Waals surface area contributed by atoms with Gasteiger partial charge >= 0.3 is 0 Å². The van der Waals surface area contributed by atoms with E-state index in [1.807, 2.05) is 19.1 Å².